The van der Waals surface area contributed by atoms with Gasteiger partial charge in [0.1, 0.15) is 11.8 Å². The van der Waals surface area contributed by atoms with Gasteiger partial charge in [-0.3, -0.25) is 4.79 Å². The van der Waals surface area contributed by atoms with Crippen molar-refractivity contribution in [2.24, 2.45) is 0 Å². The van der Waals surface area contributed by atoms with E-state index in [1.807, 2.05) is 0 Å². The van der Waals surface area contributed by atoms with Crippen molar-refractivity contribution in [3.8, 4) is 0 Å². The van der Waals surface area contributed by atoms with E-state index in [1.54, 1.807) is 13.8 Å². The smallest absolute Gasteiger partial charge is 0.346 e. The lowest BCUT2D eigenvalue weighted by Crippen LogP contribution is -2.27. The number of ketones is 1. The molecule has 0 unspecified atom stereocenters. The van der Waals surface area contributed by atoms with Crippen LogP contribution in [0.25, 0.3) is 0 Å². The highest BCUT2D eigenvalue weighted by atomic mass is 16.6. The van der Waals surface area contributed by atoms with Crippen LogP contribution in [0.4, 0.5) is 0 Å². The van der Waals surface area contributed by atoms with Gasteiger partial charge in [0.25, 0.3) is 0 Å². The van der Waals surface area contributed by atoms with Gasteiger partial charge in [0.2, 0.25) is 5.78 Å². The lowest BCUT2D eigenvalue weighted by atomic mass is 10.0. The SMILES string of the molecule is COC=C1C(=O)OC(C)(C)C1=O. The molecule has 1 heterocycles. The highest BCUT2D eigenvalue weighted by Crippen LogP contribution is 2.25. The molecular formula is C8H10O4. The van der Waals surface area contributed by atoms with Crippen molar-refractivity contribution >= 4 is 11.8 Å². The maximum atomic E-state index is 11.3. The van der Waals surface area contributed by atoms with Gasteiger partial charge in [-0.1, -0.05) is 0 Å². The summed E-state index contributed by atoms with van der Waals surface area (Å²) in [5, 5.41) is 0. The first-order chi connectivity index (χ1) is 5.49. The Morgan fingerprint density at radius 1 is 1.42 bits per heavy atom. The largest absolute Gasteiger partial charge is 0.503 e. The molecule has 1 aliphatic rings. The summed E-state index contributed by atoms with van der Waals surface area (Å²) in [5.41, 5.74) is -1.07. The standard InChI is InChI=1S/C8H10O4/c1-8(2)6(9)5(4-11-3)7(10)12-8/h4H,1-3H3. The van der Waals surface area contributed by atoms with E-state index in [2.05, 4.69) is 4.74 Å². The zero-order valence-electron chi connectivity index (χ0n) is 7.21. The molecule has 0 spiro atoms. The minimum Gasteiger partial charge on any atom is -0.503 e. The van der Waals surface area contributed by atoms with Crippen molar-refractivity contribution in [2.45, 2.75) is 19.4 Å². The Balaban J connectivity index is 3.01. The monoisotopic (exact) mass is 170 g/mol. The summed E-state index contributed by atoms with van der Waals surface area (Å²) in [6, 6.07) is 0. The number of carbonyl (C=O) groups excluding carboxylic acids is 2. The molecule has 12 heavy (non-hydrogen) atoms. The van der Waals surface area contributed by atoms with Gasteiger partial charge < -0.3 is 9.47 Å². The molecule has 0 saturated carbocycles. The summed E-state index contributed by atoms with van der Waals surface area (Å²) in [4.78, 5) is 22.3. The molecule has 0 atom stereocenters. The average Bonchev–Trinajstić information content (AvgIpc) is 2.13. The second-order valence-electron chi connectivity index (χ2n) is 3.00. The van der Waals surface area contributed by atoms with Crippen LogP contribution in [-0.4, -0.2) is 24.5 Å². The molecule has 1 fully saturated rings. The van der Waals surface area contributed by atoms with Gasteiger partial charge in [-0.25, -0.2) is 4.79 Å². The first-order valence-electron chi connectivity index (χ1n) is 3.50. The molecule has 4 heteroatoms. The van der Waals surface area contributed by atoms with E-state index in [1.165, 1.54) is 7.11 Å². The summed E-state index contributed by atoms with van der Waals surface area (Å²) < 4.78 is 9.37. The fourth-order valence-corrected chi connectivity index (χ4v) is 0.970. The highest BCUT2D eigenvalue weighted by Gasteiger charge is 2.45. The molecule has 0 bridgehead atoms. The number of rotatable bonds is 1. The lowest BCUT2D eigenvalue weighted by molar-refractivity contribution is -0.147. The molecule has 1 rings (SSSR count). The van der Waals surface area contributed by atoms with Crippen molar-refractivity contribution in [1.82, 2.24) is 0 Å². The molecule has 4 nitrogen and oxygen atoms in total. The maximum absolute atomic E-state index is 11.3. The lowest BCUT2D eigenvalue weighted by Gasteiger charge is -2.11. The second kappa shape index (κ2) is 2.62. The number of cyclic esters (lactones) is 1. The number of carbonyl (C=O) groups is 2. The third kappa shape index (κ3) is 1.20. The number of esters is 1. The first-order valence-corrected chi connectivity index (χ1v) is 3.50. The third-order valence-corrected chi connectivity index (χ3v) is 1.59. The summed E-state index contributed by atoms with van der Waals surface area (Å²) >= 11 is 0. The fraction of sp³-hybridized carbons (Fsp3) is 0.500. The van der Waals surface area contributed by atoms with E-state index < -0.39 is 11.6 Å². The van der Waals surface area contributed by atoms with Crippen LogP contribution >= 0.6 is 0 Å². The van der Waals surface area contributed by atoms with E-state index in [9.17, 15) is 9.59 Å². The maximum Gasteiger partial charge on any atom is 0.346 e. The van der Waals surface area contributed by atoms with Gasteiger partial charge in [-0.05, 0) is 13.8 Å². The van der Waals surface area contributed by atoms with E-state index >= 15 is 0 Å². The molecule has 0 aromatic heterocycles. The Morgan fingerprint density at radius 2 is 2.00 bits per heavy atom. The molecule has 0 aromatic carbocycles. The number of Topliss-reactive ketones (excluding diaryl/α,β-unsaturated/α-hetero) is 1. The average molecular weight is 170 g/mol. The molecule has 0 aromatic rings. The van der Waals surface area contributed by atoms with Gasteiger partial charge in [-0.2, -0.15) is 0 Å². The quantitative estimate of drug-likeness (QED) is 0.248. The highest BCUT2D eigenvalue weighted by molar-refractivity contribution is 6.24. The van der Waals surface area contributed by atoms with Crippen LogP contribution in [0, 0.1) is 0 Å². The Morgan fingerprint density at radius 3 is 2.33 bits per heavy atom. The molecule has 0 radical (unpaired) electrons. The van der Waals surface area contributed by atoms with Crippen LogP contribution in [0.3, 0.4) is 0 Å². The third-order valence-electron chi connectivity index (χ3n) is 1.59. The minimum atomic E-state index is -1.04. The Bertz CT molecular complexity index is 262. The second-order valence-corrected chi connectivity index (χ2v) is 3.00. The van der Waals surface area contributed by atoms with Gasteiger partial charge >= 0.3 is 5.97 Å². The Labute approximate surface area is 70.1 Å². The Hall–Kier alpha value is -1.32. The number of ether oxygens (including phenoxy) is 2. The molecule has 0 N–H and O–H groups in total. The molecule has 1 aliphatic heterocycles. The van der Waals surface area contributed by atoms with Crippen LogP contribution < -0.4 is 0 Å². The Kier molecular flexibility index (Phi) is 1.92. The first kappa shape index (κ1) is 8.77. The van der Waals surface area contributed by atoms with Gasteiger partial charge in [0.05, 0.1) is 7.11 Å². The van der Waals surface area contributed by atoms with E-state index in [0.717, 1.165) is 6.26 Å². The van der Waals surface area contributed by atoms with E-state index in [-0.39, 0.29) is 11.4 Å². The summed E-state index contributed by atoms with van der Waals surface area (Å²) in [7, 11) is 1.37. The van der Waals surface area contributed by atoms with Crippen LogP contribution in [0.15, 0.2) is 11.8 Å². The van der Waals surface area contributed by atoms with Crippen molar-refractivity contribution in [3.63, 3.8) is 0 Å². The number of methoxy groups -OCH3 is 1. The van der Waals surface area contributed by atoms with Crippen molar-refractivity contribution in [3.05, 3.63) is 11.8 Å². The van der Waals surface area contributed by atoms with Gasteiger partial charge in [-0.15, -0.1) is 0 Å². The van der Waals surface area contributed by atoms with Gasteiger partial charge in [0.15, 0.2) is 5.60 Å². The van der Waals surface area contributed by atoms with Crippen LogP contribution in [-0.2, 0) is 19.1 Å². The van der Waals surface area contributed by atoms with Crippen LogP contribution in [0.5, 0.6) is 0 Å². The minimum absolute atomic E-state index is 0.0255. The van der Waals surface area contributed by atoms with Crippen molar-refractivity contribution in [2.75, 3.05) is 7.11 Å². The topological polar surface area (TPSA) is 52.6 Å². The van der Waals surface area contributed by atoms with Crippen molar-refractivity contribution < 1.29 is 19.1 Å². The van der Waals surface area contributed by atoms with E-state index in [4.69, 9.17) is 4.74 Å². The normalized spacial score (nSPS) is 24.4. The van der Waals surface area contributed by atoms with Crippen LogP contribution in [0.1, 0.15) is 13.8 Å². The number of hydrogen-bond acceptors (Lipinski definition) is 4. The predicted molar refractivity (Wildman–Crippen MR) is 40.3 cm³/mol. The molecule has 0 amide bonds. The summed E-state index contributed by atoms with van der Waals surface area (Å²) in [6.07, 6.45) is 1.11. The predicted octanol–water partition coefficient (Wildman–Crippen LogP) is 0.421. The molecule has 1 saturated heterocycles. The molecular weight excluding hydrogens is 160 g/mol. The van der Waals surface area contributed by atoms with Crippen molar-refractivity contribution in [1.29, 1.82) is 0 Å². The number of hydrogen-bond donors (Lipinski definition) is 0. The van der Waals surface area contributed by atoms with E-state index in [0.29, 0.717) is 0 Å². The summed E-state index contributed by atoms with van der Waals surface area (Å²) in [6.45, 7) is 3.09. The molecule has 0 aliphatic carbocycles. The van der Waals surface area contributed by atoms with Crippen LogP contribution in [0.2, 0.25) is 0 Å². The zero-order valence-corrected chi connectivity index (χ0v) is 7.21. The molecule has 66 valence electrons. The zero-order chi connectivity index (χ0) is 9.35. The fourth-order valence-electron chi connectivity index (χ4n) is 0.970. The van der Waals surface area contributed by atoms with Gasteiger partial charge in [0, 0.05) is 0 Å². The summed E-state index contributed by atoms with van der Waals surface area (Å²) in [5.74, 6) is -0.957.